The number of carbonyl (C=O) groups is 1. The number of nitrogens with one attached hydrogen (secondary N) is 1. The first-order chi connectivity index (χ1) is 15.1. The molecule has 31 heavy (non-hydrogen) atoms. The van der Waals surface area contributed by atoms with Gasteiger partial charge in [0.2, 0.25) is 5.91 Å². The minimum atomic E-state index is -0.00834. The number of hydrogen-bond acceptors (Lipinski definition) is 5. The summed E-state index contributed by atoms with van der Waals surface area (Å²) in [4.78, 5) is 12.3. The third-order valence-corrected chi connectivity index (χ3v) is 5.93. The first-order valence-electron chi connectivity index (χ1n) is 10.4. The minimum absolute atomic E-state index is 0.00834. The molecular formula is C23H27ClN4O2S. The summed E-state index contributed by atoms with van der Waals surface area (Å²) in [6.07, 6.45) is 4.51. The number of aromatic nitrogens is 3. The Morgan fingerprint density at radius 3 is 2.61 bits per heavy atom. The summed E-state index contributed by atoms with van der Waals surface area (Å²) in [5.41, 5.74) is 1.68. The number of benzene rings is 2. The lowest BCUT2D eigenvalue weighted by Crippen LogP contribution is -2.26. The second-order valence-corrected chi connectivity index (χ2v) is 8.40. The van der Waals surface area contributed by atoms with E-state index in [9.17, 15) is 4.79 Å². The van der Waals surface area contributed by atoms with Crippen molar-refractivity contribution in [1.29, 1.82) is 0 Å². The molecule has 0 spiro atoms. The van der Waals surface area contributed by atoms with Crippen molar-refractivity contribution in [2.45, 2.75) is 37.8 Å². The van der Waals surface area contributed by atoms with Crippen molar-refractivity contribution in [1.82, 2.24) is 20.1 Å². The van der Waals surface area contributed by atoms with Gasteiger partial charge in [-0.1, -0.05) is 61.7 Å². The summed E-state index contributed by atoms with van der Waals surface area (Å²) in [6.45, 7) is 2.88. The Kier molecular flexibility index (Phi) is 8.79. The Balaban J connectivity index is 1.81. The van der Waals surface area contributed by atoms with Crippen LogP contribution < -0.4 is 10.1 Å². The molecule has 3 rings (SSSR count). The van der Waals surface area contributed by atoms with Gasteiger partial charge >= 0.3 is 0 Å². The van der Waals surface area contributed by atoms with Crippen LogP contribution in [0.15, 0.2) is 53.7 Å². The Morgan fingerprint density at radius 1 is 1.10 bits per heavy atom. The largest absolute Gasteiger partial charge is 0.496 e. The van der Waals surface area contributed by atoms with E-state index in [0.717, 1.165) is 24.1 Å². The molecule has 1 amide bonds. The summed E-state index contributed by atoms with van der Waals surface area (Å²) in [5, 5.41) is 13.0. The van der Waals surface area contributed by atoms with Crippen LogP contribution in [0.25, 0.3) is 17.1 Å². The van der Waals surface area contributed by atoms with Gasteiger partial charge in [-0.25, -0.2) is 0 Å². The van der Waals surface area contributed by atoms with Crippen LogP contribution in [-0.2, 0) is 4.79 Å². The summed E-state index contributed by atoms with van der Waals surface area (Å²) < 4.78 is 7.44. The normalized spacial score (nSPS) is 10.8. The maximum Gasteiger partial charge on any atom is 0.230 e. The molecular weight excluding hydrogens is 432 g/mol. The second kappa shape index (κ2) is 11.8. The molecule has 0 saturated carbocycles. The van der Waals surface area contributed by atoms with Crippen molar-refractivity contribution in [2.75, 3.05) is 19.4 Å². The number of halogens is 1. The van der Waals surface area contributed by atoms with Crippen molar-refractivity contribution in [3.8, 4) is 22.8 Å². The van der Waals surface area contributed by atoms with Crippen molar-refractivity contribution in [3.63, 3.8) is 0 Å². The van der Waals surface area contributed by atoms with Gasteiger partial charge in [0.05, 0.1) is 18.4 Å². The third kappa shape index (κ3) is 6.24. The molecule has 164 valence electrons. The topological polar surface area (TPSA) is 69.0 Å². The lowest BCUT2D eigenvalue weighted by Gasteiger charge is -2.12. The van der Waals surface area contributed by atoms with Crippen LogP contribution in [-0.4, -0.2) is 40.1 Å². The number of rotatable bonds is 11. The molecule has 1 N–H and O–H groups in total. The standard InChI is InChI=1S/C23H27ClN4O2S/c1-3-4-5-8-15-25-21(29)16-31-23-27-26-22(19-9-6-7-10-20(19)30-2)28(23)18-13-11-17(24)12-14-18/h6-7,9-14H,3-5,8,15-16H2,1-2H3,(H,25,29). The van der Waals surface area contributed by atoms with Crippen molar-refractivity contribution in [2.24, 2.45) is 0 Å². The van der Waals surface area contributed by atoms with Gasteiger partial charge in [0.25, 0.3) is 0 Å². The number of thioether (sulfide) groups is 1. The molecule has 1 aromatic heterocycles. The van der Waals surface area contributed by atoms with E-state index in [0.29, 0.717) is 28.3 Å². The van der Waals surface area contributed by atoms with E-state index in [1.807, 2.05) is 53.1 Å². The predicted octanol–water partition coefficient (Wildman–Crippen LogP) is 5.38. The number of nitrogens with zero attached hydrogens (tertiary/aromatic N) is 3. The maximum atomic E-state index is 12.3. The average Bonchev–Trinajstić information content (AvgIpc) is 3.21. The van der Waals surface area contributed by atoms with E-state index in [4.69, 9.17) is 16.3 Å². The van der Waals surface area contributed by atoms with Crippen molar-refractivity contribution >= 4 is 29.3 Å². The molecule has 0 radical (unpaired) electrons. The van der Waals surface area contributed by atoms with Crippen molar-refractivity contribution < 1.29 is 9.53 Å². The van der Waals surface area contributed by atoms with Gasteiger partial charge in [-0.3, -0.25) is 9.36 Å². The van der Waals surface area contributed by atoms with Gasteiger partial charge in [0.1, 0.15) is 5.75 Å². The molecule has 0 aliphatic carbocycles. The van der Waals surface area contributed by atoms with E-state index in [2.05, 4.69) is 22.4 Å². The fourth-order valence-corrected chi connectivity index (χ4v) is 4.06. The molecule has 3 aromatic rings. The van der Waals surface area contributed by atoms with Crippen LogP contribution in [0, 0.1) is 0 Å². The molecule has 0 aliphatic rings. The summed E-state index contributed by atoms with van der Waals surface area (Å²) >= 11 is 7.44. The zero-order valence-corrected chi connectivity index (χ0v) is 19.4. The average molecular weight is 459 g/mol. The van der Waals surface area contributed by atoms with Gasteiger partial charge in [-0.15, -0.1) is 10.2 Å². The zero-order chi connectivity index (χ0) is 22.1. The summed E-state index contributed by atoms with van der Waals surface area (Å²) in [6, 6.07) is 15.1. The summed E-state index contributed by atoms with van der Waals surface area (Å²) in [7, 11) is 1.63. The highest BCUT2D eigenvalue weighted by molar-refractivity contribution is 7.99. The number of para-hydroxylation sites is 1. The quantitative estimate of drug-likeness (QED) is 0.308. The van der Waals surface area contributed by atoms with E-state index in [1.54, 1.807) is 7.11 Å². The number of amides is 1. The van der Waals surface area contributed by atoms with Crippen LogP contribution in [0.1, 0.15) is 32.6 Å². The predicted molar refractivity (Wildman–Crippen MR) is 126 cm³/mol. The van der Waals surface area contributed by atoms with Crippen LogP contribution in [0.3, 0.4) is 0 Å². The molecule has 0 unspecified atom stereocenters. The molecule has 1 heterocycles. The highest BCUT2D eigenvalue weighted by atomic mass is 35.5. The van der Waals surface area contributed by atoms with Gasteiger partial charge in [0.15, 0.2) is 11.0 Å². The molecule has 2 aromatic carbocycles. The fraction of sp³-hybridized carbons (Fsp3) is 0.348. The van der Waals surface area contributed by atoms with E-state index < -0.39 is 0 Å². The zero-order valence-electron chi connectivity index (χ0n) is 17.8. The Labute approximate surface area is 192 Å². The van der Waals surface area contributed by atoms with Gasteiger partial charge in [0, 0.05) is 17.3 Å². The molecule has 0 bridgehead atoms. The van der Waals surface area contributed by atoms with Gasteiger partial charge < -0.3 is 10.1 Å². The Hall–Kier alpha value is -2.51. The van der Waals surface area contributed by atoms with Gasteiger partial charge in [-0.2, -0.15) is 0 Å². The smallest absolute Gasteiger partial charge is 0.230 e. The number of ether oxygens (including phenoxy) is 1. The van der Waals surface area contributed by atoms with Crippen LogP contribution in [0.2, 0.25) is 5.02 Å². The molecule has 0 saturated heterocycles. The molecule has 8 heteroatoms. The monoisotopic (exact) mass is 458 g/mol. The third-order valence-electron chi connectivity index (χ3n) is 4.75. The van der Waals surface area contributed by atoms with E-state index in [1.165, 1.54) is 24.6 Å². The lowest BCUT2D eigenvalue weighted by molar-refractivity contribution is -0.118. The maximum absolute atomic E-state index is 12.3. The van der Waals surface area contributed by atoms with E-state index >= 15 is 0 Å². The lowest BCUT2D eigenvalue weighted by atomic mass is 10.2. The Bertz CT molecular complexity index is 991. The summed E-state index contributed by atoms with van der Waals surface area (Å²) in [5.74, 6) is 1.60. The fourth-order valence-electron chi connectivity index (χ4n) is 3.15. The molecule has 0 atom stereocenters. The van der Waals surface area contributed by atoms with Crippen molar-refractivity contribution in [3.05, 3.63) is 53.6 Å². The van der Waals surface area contributed by atoms with Gasteiger partial charge in [-0.05, 0) is 42.8 Å². The highest BCUT2D eigenvalue weighted by Gasteiger charge is 2.19. The SMILES string of the molecule is CCCCCCNC(=O)CSc1nnc(-c2ccccc2OC)n1-c1ccc(Cl)cc1. The molecule has 0 fully saturated rings. The van der Waals surface area contributed by atoms with Crippen LogP contribution in [0.4, 0.5) is 0 Å². The first-order valence-corrected chi connectivity index (χ1v) is 11.7. The van der Waals surface area contributed by atoms with E-state index in [-0.39, 0.29) is 11.7 Å². The second-order valence-electron chi connectivity index (χ2n) is 7.02. The minimum Gasteiger partial charge on any atom is -0.496 e. The number of hydrogen-bond donors (Lipinski definition) is 1. The van der Waals surface area contributed by atoms with Crippen LogP contribution in [0.5, 0.6) is 5.75 Å². The Morgan fingerprint density at radius 2 is 1.87 bits per heavy atom. The number of methoxy groups -OCH3 is 1. The number of carbonyl (C=O) groups excluding carboxylic acids is 1. The first kappa shape index (κ1) is 23.2. The van der Waals surface area contributed by atoms with Crippen LogP contribution >= 0.6 is 23.4 Å². The molecule has 0 aliphatic heterocycles. The highest BCUT2D eigenvalue weighted by Crippen LogP contribution is 2.33. The number of unbranched alkanes of at least 4 members (excludes halogenated alkanes) is 3. The molecule has 6 nitrogen and oxygen atoms in total.